The van der Waals surface area contributed by atoms with Gasteiger partial charge in [-0.1, -0.05) is 6.92 Å². The molecular weight excluding hydrogens is 192 g/mol. The van der Waals surface area contributed by atoms with E-state index in [0.717, 1.165) is 25.8 Å². The number of carbonyl (C=O) groups excluding carboxylic acids is 1. The van der Waals surface area contributed by atoms with Crippen molar-refractivity contribution in [3.8, 4) is 0 Å². The molecule has 4 heteroatoms. The average Bonchev–Trinajstić information content (AvgIpc) is 3.02. The Kier molecular flexibility index (Phi) is 5.05. The van der Waals surface area contributed by atoms with Crippen LogP contribution in [0, 0.1) is 5.92 Å². The lowest BCUT2D eigenvalue weighted by atomic mass is 10.1. The second-order valence-electron chi connectivity index (χ2n) is 4.23. The third-order valence-corrected chi connectivity index (χ3v) is 2.83. The Morgan fingerprint density at radius 3 is 2.73 bits per heavy atom. The summed E-state index contributed by atoms with van der Waals surface area (Å²) >= 11 is 0. The van der Waals surface area contributed by atoms with E-state index in [1.807, 2.05) is 11.8 Å². The van der Waals surface area contributed by atoms with Crippen LogP contribution in [0.3, 0.4) is 0 Å². The molecule has 0 spiro atoms. The summed E-state index contributed by atoms with van der Waals surface area (Å²) < 4.78 is 5.02. The summed E-state index contributed by atoms with van der Waals surface area (Å²) in [5.74, 6) is 0.285. The zero-order chi connectivity index (χ0) is 11.3. The molecule has 1 fully saturated rings. The molecule has 0 aromatic carbocycles. The van der Waals surface area contributed by atoms with Crippen LogP contribution >= 0.6 is 0 Å². The molecule has 1 unspecified atom stereocenters. The minimum Gasteiger partial charge on any atom is -0.383 e. The summed E-state index contributed by atoms with van der Waals surface area (Å²) in [6.45, 7) is 3.87. The summed E-state index contributed by atoms with van der Waals surface area (Å²) in [4.78, 5) is 14.0. The van der Waals surface area contributed by atoms with Gasteiger partial charge in [0.1, 0.15) is 0 Å². The van der Waals surface area contributed by atoms with Gasteiger partial charge in [0.2, 0.25) is 5.91 Å². The van der Waals surface area contributed by atoms with Crippen LogP contribution < -0.4 is 5.73 Å². The first-order valence-corrected chi connectivity index (χ1v) is 5.70. The van der Waals surface area contributed by atoms with E-state index >= 15 is 0 Å². The molecule has 1 saturated carbocycles. The Hall–Kier alpha value is -0.610. The molecule has 0 aromatic heterocycles. The predicted octanol–water partition coefficient (Wildman–Crippen LogP) is 0.609. The van der Waals surface area contributed by atoms with Crippen molar-refractivity contribution in [3.63, 3.8) is 0 Å². The molecule has 15 heavy (non-hydrogen) atoms. The number of nitrogens with two attached hydrogens (primary N) is 1. The molecule has 0 aromatic rings. The van der Waals surface area contributed by atoms with Gasteiger partial charge in [-0.05, 0) is 25.8 Å². The molecule has 1 rings (SSSR count). The molecule has 4 nitrogen and oxygen atoms in total. The maximum absolute atomic E-state index is 12.0. The molecule has 0 radical (unpaired) electrons. The lowest BCUT2D eigenvalue weighted by molar-refractivity contribution is -0.136. The summed E-state index contributed by atoms with van der Waals surface area (Å²) in [6.07, 6.45) is 3.06. The highest BCUT2D eigenvalue weighted by molar-refractivity contribution is 5.79. The zero-order valence-corrected chi connectivity index (χ0v) is 9.74. The lowest BCUT2D eigenvalue weighted by Gasteiger charge is -2.25. The van der Waals surface area contributed by atoms with Crippen LogP contribution in [-0.4, -0.2) is 43.7 Å². The smallest absolute Gasteiger partial charge is 0.225 e. The molecule has 1 atom stereocenters. The van der Waals surface area contributed by atoms with Crippen LogP contribution in [0.15, 0.2) is 0 Å². The van der Waals surface area contributed by atoms with Crippen molar-refractivity contribution >= 4 is 5.91 Å². The number of carbonyl (C=O) groups is 1. The SMILES string of the molecule is COCCN(C(=O)C(C)CCN)C1CC1. The van der Waals surface area contributed by atoms with Gasteiger partial charge in [-0.15, -0.1) is 0 Å². The van der Waals surface area contributed by atoms with Crippen LogP contribution in [0.5, 0.6) is 0 Å². The minimum absolute atomic E-state index is 0.0486. The van der Waals surface area contributed by atoms with Crippen LogP contribution in [0.25, 0.3) is 0 Å². The van der Waals surface area contributed by atoms with Gasteiger partial charge >= 0.3 is 0 Å². The number of rotatable bonds is 7. The van der Waals surface area contributed by atoms with Gasteiger partial charge in [0.05, 0.1) is 6.61 Å². The number of amides is 1. The molecule has 0 aliphatic heterocycles. The van der Waals surface area contributed by atoms with Gasteiger partial charge in [-0.25, -0.2) is 0 Å². The number of nitrogens with zero attached hydrogens (tertiary/aromatic N) is 1. The van der Waals surface area contributed by atoms with Crippen molar-refractivity contribution in [2.45, 2.75) is 32.2 Å². The Labute approximate surface area is 91.8 Å². The first-order valence-electron chi connectivity index (χ1n) is 5.70. The number of hydrogen-bond acceptors (Lipinski definition) is 3. The van der Waals surface area contributed by atoms with Crippen LogP contribution in [0.1, 0.15) is 26.2 Å². The Morgan fingerprint density at radius 2 is 2.27 bits per heavy atom. The molecule has 1 aliphatic carbocycles. The summed E-state index contributed by atoms with van der Waals surface area (Å²) in [6, 6.07) is 0.466. The van der Waals surface area contributed by atoms with E-state index in [2.05, 4.69) is 0 Å². The second-order valence-corrected chi connectivity index (χ2v) is 4.23. The van der Waals surface area contributed by atoms with E-state index in [-0.39, 0.29) is 11.8 Å². The lowest BCUT2D eigenvalue weighted by Crippen LogP contribution is -2.39. The van der Waals surface area contributed by atoms with Gasteiger partial charge in [-0.2, -0.15) is 0 Å². The number of hydrogen-bond donors (Lipinski definition) is 1. The average molecular weight is 214 g/mol. The topological polar surface area (TPSA) is 55.6 Å². The van der Waals surface area contributed by atoms with Crippen molar-refractivity contribution in [2.24, 2.45) is 11.7 Å². The highest BCUT2D eigenvalue weighted by atomic mass is 16.5. The van der Waals surface area contributed by atoms with Gasteiger partial charge in [0, 0.05) is 25.6 Å². The summed E-state index contributed by atoms with van der Waals surface area (Å²) in [5, 5.41) is 0. The highest BCUT2D eigenvalue weighted by Gasteiger charge is 2.33. The maximum atomic E-state index is 12.0. The van der Waals surface area contributed by atoms with Crippen LogP contribution in [-0.2, 0) is 9.53 Å². The number of ether oxygens (including phenoxy) is 1. The van der Waals surface area contributed by atoms with Crippen LogP contribution in [0.4, 0.5) is 0 Å². The summed E-state index contributed by atoms with van der Waals surface area (Å²) in [5.41, 5.74) is 5.46. The van der Waals surface area contributed by atoms with Crippen molar-refractivity contribution in [1.29, 1.82) is 0 Å². The standard InChI is InChI=1S/C11H22N2O2/c1-9(5-6-12)11(14)13(7-8-15-2)10-3-4-10/h9-10H,3-8,12H2,1-2H3. The van der Waals surface area contributed by atoms with E-state index in [1.54, 1.807) is 7.11 Å². The van der Waals surface area contributed by atoms with Crippen molar-refractivity contribution < 1.29 is 9.53 Å². The zero-order valence-electron chi connectivity index (χ0n) is 9.74. The van der Waals surface area contributed by atoms with E-state index in [1.165, 1.54) is 0 Å². The van der Waals surface area contributed by atoms with Gasteiger partial charge in [0.25, 0.3) is 0 Å². The quantitative estimate of drug-likeness (QED) is 0.675. The van der Waals surface area contributed by atoms with Gasteiger partial charge < -0.3 is 15.4 Å². The van der Waals surface area contributed by atoms with E-state index in [0.29, 0.717) is 19.2 Å². The first kappa shape index (κ1) is 12.5. The molecule has 88 valence electrons. The number of methoxy groups -OCH3 is 1. The minimum atomic E-state index is 0.0486. The Bertz CT molecular complexity index is 205. The molecular formula is C11H22N2O2. The fourth-order valence-electron chi connectivity index (χ4n) is 1.71. The van der Waals surface area contributed by atoms with E-state index in [9.17, 15) is 4.79 Å². The fraction of sp³-hybridized carbons (Fsp3) is 0.909. The van der Waals surface area contributed by atoms with Crippen molar-refractivity contribution in [1.82, 2.24) is 4.90 Å². The Balaban J connectivity index is 2.43. The monoisotopic (exact) mass is 214 g/mol. The summed E-state index contributed by atoms with van der Waals surface area (Å²) in [7, 11) is 1.67. The third-order valence-electron chi connectivity index (χ3n) is 2.83. The molecule has 0 bridgehead atoms. The molecule has 1 aliphatic rings. The van der Waals surface area contributed by atoms with Crippen molar-refractivity contribution in [3.05, 3.63) is 0 Å². The van der Waals surface area contributed by atoms with Crippen molar-refractivity contribution in [2.75, 3.05) is 26.8 Å². The molecule has 0 heterocycles. The first-order chi connectivity index (χ1) is 7.20. The maximum Gasteiger partial charge on any atom is 0.225 e. The predicted molar refractivity (Wildman–Crippen MR) is 59.4 cm³/mol. The fourth-order valence-corrected chi connectivity index (χ4v) is 1.71. The molecule has 2 N–H and O–H groups in total. The van der Waals surface area contributed by atoms with Crippen LogP contribution in [0.2, 0.25) is 0 Å². The second kappa shape index (κ2) is 6.08. The van der Waals surface area contributed by atoms with Gasteiger partial charge in [0.15, 0.2) is 0 Å². The molecule has 0 saturated heterocycles. The third kappa shape index (κ3) is 3.80. The largest absolute Gasteiger partial charge is 0.383 e. The van der Waals surface area contributed by atoms with E-state index in [4.69, 9.17) is 10.5 Å². The highest BCUT2D eigenvalue weighted by Crippen LogP contribution is 2.28. The normalized spacial score (nSPS) is 17.5. The van der Waals surface area contributed by atoms with Gasteiger partial charge in [-0.3, -0.25) is 4.79 Å². The molecule has 1 amide bonds. The van der Waals surface area contributed by atoms with E-state index < -0.39 is 0 Å². The Morgan fingerprint density at radius 1 is 1.60 bits per heavy atom.